The average molecular weight is 426 g/mol. The Labute approximate surface area is 153 Å². The molecule has 0 heterocycles. The van der Waals surface area contributed by atoms with Crippen LogP contribution < -0.4 is 0 Å². The number of carbonyl (C=O) groups excluding carboxylic acids is 1. The van der Waals surface area contributed by atoms with Crippen LogP contribution in [0.25, 0.3) is 0 Å². The van der Waals surface area contributed by atoms with E-state index in [1.807, 2.05) is 6.07 Å². The molecule has 0 radical (unpaired) electrons. The molecule has 126 valence electrons. The lowest BCUT2D eigenvalue weighted by Crippen LogP contribution is -2.38. The van der Waals surface area contributed by atoms with Crippen molar-refractivity contribution in [3.05, 3.63) is 35.9 Å². The van der Waals surface area contributed by atoms with Gasteiger partial charge in [0.2, 0.25) is 0 Å². The maximum atomic E-state index is 13.1. The van der Waals surface area contributed by atoms with E-state index in [9.17, 15) is 4.79 Å². The molecule has 0 spiro atoms. The number of halogens is 1. The average Bonchev–Trinajstić information content (AvgIpc) is 3.19. The van der Waals surface area contributed by atoms with Gasteiger partial charge in [-0.1, -0.05) is 73.2 Å². The van der Waals surface area contributed by atoms with Gasteiger partial charge in [-0.25, -0.2) is 0 Å². The molecule has 3 atom stereocenters. The highest BCUT2D eigenvalue weighted by atomic mass is 127. The van der Waals surface area contributed by atoms with Gasteiger partial charge in [0.05, 0.1) is 5.41 Å². The molecule has 3 unspecified atom stereocenters. The summed E-state index contributed by atoms with van der Waals surface area (Å²) in [5, 5.41) is 0. The second-order valence-corrected chi connectivity index (χ2v) is 9.68. The highest BCUT2D eigenvalue weighted by molar-refractivity contribution is 14.1. The number of hydrogen-bond acceptors (Lipinski definition) is 2. The molecule has 1 aromatic rings. The maximum Gasteiger partial charge on any atom is 0.313 e. The molecule has 0 amide bonds. The Morgan fingerprint density at radius 3 is 2.39 bits per heavy atom. The number of alkyl halides is 1. The Morgan fingerprint density at radius 1 is 1.26 bits per heavy atom. The summed E-state index contributed by atoms with van der Waals surface area (Å²) >= 11 is 2.43. The molecule has 0 aliphatic heterocycles. The minimum Gasteiger partial charge on any atom is -0.454 e. The van der Waals surface area contributed by atoms with Crippen molar-refractivity contribution >= 4 is 28.6 Å². The first-order valence-corrected chi connectivity index (χ1v) is 10.2. The minimum atomic E-state index is -0.388. The summed E-state index contributed by atoms with van der Waals surface area (Å²) in [4.78, 5) is 13.1. The second-order valence-electron chi connectivity index (χ2n) is 7.56. The van der Waals surface area contributed by atoms with Gasteiger partial charge in [0.15, 0.2) is 0 Å². The van der Waals surface area contributed by atoms with Gasteiger partial charge in [0, 0.05) is 3.92 Å². The van der Waals surface area contributed by atoms with Gasteiger partial charge < -0.3 is 4.74 Å². The fourth-order valence-corrected chi connectivity index (χ4v) is 5.02. The van der Waals surface area contributed by atoms with Crippen molar-refractivity contribution in [1.82, 2.24) is 0 Å². The van der Waals surface area contributed by atoms with Crippen LogP contribution in [-0.2, 0) is 15.1 Å². The van der Waals surface area contributed by atoms with Crippen LogP contribution in [0.4, 0.5) is 0 Å². The number of esters is 1. The first-order valence-electron chi connectivity index (χ1n) is 8.92. The summed E-state index contributed by atoms with van der Waals surface area (Å²) in [6.07, 6.45) is 7.40. The molecule has 2 nitrogen and oxygen atoms in total. The molecule has 2 aliphatic rings. The van der Waals surface area contributed by atoms with E-state index in [0.29, 0.717) is 9.84 Å². The van der Waals surface area contributed by atoms with Crippen LogP contribution in [0.5, 0.6) is 0 Å². The van der Waals surface area contributed by atoms with Crippen molar-refractivity contribution in [2.75, 3.05) is 0 Å². The molecule has 0 aromatic heterocycles. The van der Waals surface area contributed by atoms with Gasteiger partial charge in [-0.3, -0.25) is 4.79 Å². The van der Waals surface area contributed by atoms with Crippen molar-refractivity contribution in [2.24, 2.45) is 11.3 Å². The van der Waals surface area contributed by atoms with Crippen LogP contribution in [-0.4, -0.2) is 9.89 Å². The first-order chi connectivity index (χ1) is 11.0. The molecule has 2 saturated carbocycles. The van der Waals surface area contributed by atoms with Gasteiger partial charge in [0.25, 0.3) is 0 Å². The van der Waals surface area contributed by atoms with Gasteiger partial charge >= 0.3 is 5.97 Å². The summed E-state index contributed by atoms with van der Waals surface area (Å²) in [5.41, 5.74) is 0.569. The lowest BCUT2D eigenvalue weighted by atomic mass is 9.79. The van der Waals surface area contributed by atoms with Gasteiger partial charge in [-0.2, -0.15) is 0 Å². The number of rotatable bonds is 5. The van der Waals surface area contributed by atoms with E-state index in [1.165, 1.54) is 12.0 Å². The third-order valence-electron chi connectivity index (χ3n) is 5.75. The van der Waals surface area contributed by atoms with Crippen LogP contribution in [0.3, 0.4) is 0 Å². The standard InChI is InChI=1S/C20H27IO2/c1-15-13-19(15,14-16(2)21)18(22)23-20(11-7-4-8-12-20)17-9-5-3-6-10-17/h3,5-6,9-10,15-16H,4,7-8,11-14H2,1-2H3. The summed E-state index contributed by atoms with van der Waals surface area (Å²) in [6.45, 7) is 4.38. The molecule has 2 aliphatic carbocycles. The van der Waals surface area contributed by atoms with Gasteiger partial charge in [0.1, 0.15) is 5.60 Å². The molecular formula is C20H27IO2. The van der Waals surface area contributed by atoms with Crippen molar-refractivity contribution in [1.29, 1.82) is 0 Å². The van der Waals surface area contributed by atoms with Gasteiger partial charge in [-0.05, 0) is 50.0 Å². The summed E-state index contributed by atoms with van der Waals surface area (Å²) in [5.74, 6) is 0.517. The lowest BCUT2D eigenvalue weighted by molar-refractivity contribution is -0.173. The molecule has 23 heavy (non-hydrogen) atoms. The maximum absolute atomic E-state index is 13.1. The molecule has 0 bridgehead atoms. The highest BCUT2D eigenvalue weighted by Gasteiger charge is 2.60. The Bertz CT molecular complexity index is 548. The van der Waals surface area contributed by atoms with Crippen molar-refractivity contribution in [2.45, 2.75) is 68.3 Å². The van der Waals surface area contributed by atoms with Crippen LogP contribution in [0.2, 0.25) is 0 Å². The molecule has 3 heteroatoms. The Morgan fingerprint density at radius 2 is 1.87 bits per heavy atom. The summed E-state index contributed by atoms with van der Waals surface area (Å²) in [6, 6.07) is 10.4. The van der Waals surface area contributed by atoms with E-state index in [4.69, 9.17) is 4.74 Å². The summed E-state index contributed by atoms with van der Waals surface area (Å²) < 4.78 is 6.83. The first kappa shape index (κ1) is 17.2. The summed E-state index contributed by atoms with van der Waals surface area (Å²) in [7, 11) is 0. The minimum absolute atomic E-state index is 0.0549. The second kappa shape index (κ2) is 6.73. The van der Waals surface area contributed by atoms with Crippen LogP contribution >= 0.6 is 22.6 Å². The lowest BCUT2D eigenvalue weighted by Gasteiger charge is -2.38. The molecular weight excluding hydrogens is 399 g/mol. The Kier molecular flexibility index (Phi) is 5.05. The predicted octanol–water partition coefficient (Wildman–Crippen LogP) is 5.63. The number of ether oxygens (including phenoxy) is 1. The number of carbonyl (C=O) groups is 1. The largest absolute Gasteiger partial charge is 0.454 e. The predicted molar refractivity (Wildman–Crippen MR) is 102 cm³/mol. The Hall–Kier alpha value is -0.580. The topological polar surface area (TPSA) is 26.3 Å². The zero-order valence-corrected chi connectivity index (χ0v) is 16.3. The molecule has 0 saturated heterocycles. The SMILES string of the molecule is CC(I)CC1(C(=O)OC2(c3ccccc3)CCCCC2)CC1C. The highest BCUT2D eigenvalue weighted by Crippen LogP contribution is 2.58. The third kappa shape index (κ3) is 3.45. The fraction of sp³-hybridized carbons (Fsp3) is 0.650. The van der Waals surface area contributed by atoms with E-state index >= 15 is 0 Å². The van der Waals surface area contributed by atoms with E-state index in [2.05, 4.69) is 60.7 Å². The zero-order valence-electron chi connectivity index (χ0n) is 14.2. The van der Waals surface area contributed by atoms with E-state index in [1.54, 1.807) is 0 Å². The smallest absolute Gasteiger partial charge is 0.313 e. The molecule has 0 N–H and O–H groups in total. The number of benzene rings is 1. The van der Waals surface area contributed by atoms with Crippen LogP contribution in [0.15, 0.2) is 30.3 Å². The normalized spacial score (nSPS) is 30.5. The monoisotopic (exact) mass is 426 g/mol. The van der Waals surface area contributed by atoms with Crippen molar-refractivity contribution in [3.63, 3.8) is 0 Å². The van der Waals surface area contributed by atoms with Crippen LogP contribution in [0, 0.1) is 11.3 Å². The van der Waals surface area contributed by atoms with Crippen molar-refractivity contribution < 1.29 is 9.53 Å². The molecule has 3 rings (SSSR count). The Balaban J connectivity index is 1.83. The quantitative estimate of drug-likeness (QED) is 0.347. The number of hydrogen-bond donors (Lipinski definition) is 0. The van der Waals surface area contributed by atoms with Crippen LogP contribution in [0.1, 0.15) is 64.4 Å². The zero-order chi connectivity index (χ0) is 16.5. The fourth-order valence-electron chi connectivity index (χ4n) is 4.24. The molecule has 2 fully saturated rings. The third-order valence-corrected chi connectivity index (χ3v) is 6.20. The van der Waals surface area contributed by atoms with E-state index in [0.717, 1.165) is 38.5 Å². The molecule has 1 aromatic carbocycles. The van der Waals surface area contributed by atoms with E-state index < -0.39 is 0 Å². The van der Waals surface area contributed by atoms with E-state index in [-0.39, 0.29) is 17.0 Å². The van der Waals surface area contributed by atoms with Crippen molar-refractivity contribution in [3.8, 4) is 0 Å². The van der Waals surface area contributed by atoms with Gasteiger partial charge in [-0.15, -0.1) is 0 Å².